The number of nitrogens with zero attached hydrogens (tertiary/aromatic N) is 4. The van der Waals surface area contributed by atoms with E-state index >= 15 is 0 Å². The number of hydrogen-bond acceptors (Lipinski definition) is 5. The first kappa shape index (κ1) is 12.1. The lowest BCUT2D eigenvalue weighted by molar-refractivity contribution is 0.181. The normalized spacial score (nSPS) is 18.9. The lowest BCUT2D eigenvalue weighted by Crippen LogP contribution is -2.13. The molecule has 0 aliphatic carbocycles. The van der Waals surface area contributed by atoms with Crippen LogP contribution in [0.5, 0.6) is 0 Å². The summed E-state index contributed by atoms with van der Waals surface area (Å²) in [5, 5.41) is 12.0. The number of nitrogen functional groups attached to an aromatic ring is 1. The number of rotatable bonds is 3. The minimum atomic E-state index is 0.497. The third-order valence-electron chi connectivity index (χ3n) is 3.48. The molecule has 1 fully saturated rings. The Morgan fingerprint density at radius 1 is 1.47 bits per heavy atom. The topological polar surface area (TPSA) is 78.9 Å². The number of tetrazole rings is 1. The second-order valence-corrected chi connectivity index (χ2v) is 4.99. The van der Waals surface area contributed by atoms with Crippen LogP contribution in [-0.2, 0) is 11.3 Å². The van der Waals surface area contributed by atoms with E-state index in [2.05, 4.69) is 15.5 Å². The van der Waals surface area contributed by atoms with Crippen LogP contribution in [0.15, 0.2) is 18.2 Å². The van der Waals surface area contributed by atoms with Crippen LogP contribution in [-0.4, -0.2) is 33.4 Å². The maximum Gasteiger partial charge on any atom is 0.182 e. The Balaban J connectivity index is 1.90. The van der Waals surface area contributed by atoms with Gasteiger partial charge < -0.3 is 10.5 Å². The fourth-order valence-corrected chi connectivity index (χ4v) is 2.43. The van der Waals surface area contributed by atoms with E-state index in [4.69, 9.17) is 10.5 Å². The highest BCUT2D eigenvalue weighted by Gasteiger charge is 2.19. The maximum atomic E-state index is 5.78. The zero-order chi connectivity index (χ0) is 13.2. The van der Waals surface area contributed by atoms with Crippen LogP contribution in [0.4, 0.5) is 5.69 Å². The van der Waals surface area contributed by atoms with Crippen LogP contribution >= 0.6 is 0 Å². The van der Waals surface area contributed by atoms with Crippen LogP contribution < -0.4 is 5.73 Å². The van der Waals surface area contributed by atoms with E-state index in [0.717, 1.165) is 48.8 Å². The maximum absolute atomic E-state index is 5.78. The molecule has 1 aliphatic rings. The van der Waals surface area contributed by atoms with Crippen molar-refractivity contribution in [2.45, 2.75) is 19.9 Å². The van der Waals surface area contributed by atoms with Gasteiger partial charge in [0.15, 0.2) is 5.82 Å². The van der Waals surface area contributed by atoms with Gasteiger partial charge in [0.25, 0.3) is 0 Å². The van der Waals surface area contributed by atoms with Crippen molar-refractivity contribution in [2.24, 2.45) is 5.92 Å². The molecule has 1 atom stereocenters. The predicted molar refractivity (Wildman–Crippen MR) is 71.3 cm³/mol. The number of aryl methyl sites for hydroxylation is 1. The minimum Gasteiger partial charge on any atom is -0.399 e. The summed E-state index contributed by atoms with van der Waals surface area (Å²) >= 11 is 0. The zero-order valence-electron chi connectivity index (χ0n) is 10.9. The highest BCUT2D eigenvalue weighted by Crippen LogP contribution is 2.24. The molecule has 1 aliphatic heterocycles. The number of nitrogens with two attached hydrogens (primary N) is 1. The first-order valence-corrected chi connectivity index (χ1v) is 6.44. The summed E-state index contributed by atoms with van der Waals surface area (Å²) in [5.74, 6) is 1.29. The third-order valence-corrected chi connectivity index (χ3v) is 3.48. The largest absolute Gasteiger partial charge is 0.399 e. The summed E-state index contributed by atoms with van der Waals surface area (Å²) in [6.45, 7) is 4.44. The number of hydrogen-bond donors (Lipinski definition) is 1. The molecule has 1 unspecified atom stereocenters. The van der Waals surface area contributed by atoms with E-state index in [1.54, 1.807) is 0 Å². The lowest BCUT2D eigenvalue weighted by Gasteiger charge is -2.10. The monoisotopic (exact) mass is 259 g/mol. The highest BCUT2D eigenvalue weighted by molar-refractivity contribution is 5.63. The molecular formula is C13H17N5O. The molecule has 3 rings (SSSR count). The molecular weight excluding hydrogens is 242 g/mol. The van der Waals surface area contributed by atoms with Gasteiger partial charge in [0.1, 0.15) is 0 Å². The highest BCUT2D eigenvalue weighted by atomic mass is 16.5. The lowest BCUT2D eigenvalue weighted by atomic mass is 10.1. The van der Waals surface area contributed by atoms with Crippen molar-refractivity contribution in [1.82, 2.24) is 20.2 Å². The molecule has 1 aromatic carbocycles. The van der Waals surface area contributed by atoms with Gasteiger partial charge in [0.05, 0.1) is 13.2 Å². The average molecular weight is 259 g/mol. The van der Waals surface area contributed by atoms with Gasteiger partial charge in [-0.15, -0.1) is 5.10 Å². The van der Waals surface area contributed by atoms with Crippen LogP contribution in [0.25, 0.3) is 11.4 Å². The van der Waals surface area contributed by atoms with E-state index in [1.807, 2.05) is 29.8 Å². The van der Waals surface area contributed by atoms with Crippen LogP contribution in [0.3, 0.4) is 0 Å². The van der Waals surface area contributed by atoms with Gasteiger partial charge in [-0.1, -0.05) is 0 Å². The first-order chi connectivity index (χ1) is 9.24. The zero-order valence-corrected chi connectivity index (χ0v) is 10.9. The number of anilines is 1. The van der Waals surface area contributed by atoms with Crippen molar-refractivity contribution in [2.75, 3.05) is 18.9 Å². The van der Waals surface area contributed by atoms with Crippen LogP contribution in [0, 0.1) is 12.8 Å². The fourth-order valence-electron chi connectivity index (χ4n) is 2.43. The summed E-state index contributed by atoms with van der Waals surface area (Å²) in [7, 11) is 0. The van der Waals surface area contributed by atoms with Gasteiger partial charge in [-0.2, -0.15) is 0 Å². The third kappa shape index (κ3) is 2.44. The Morgan fingerprint density at radius 3 is 3.11 bits per heavy atom. The Morgan fingerprint density at radius 2 is 2.37 bits per heavy atom. The van der Waals surface area contributed by atoms with E-state index in [1.165, 1.54) is 0 Å². The van der Waals surface area contributed by atoms with Gasteiger partial charge in [0.2, 0.25) is 0 Å². The van der Waals surface area contributed by atoms with Crippen molar-refractivity contribution in [1.29, 1.82) is 0 Å². The summed E-state index contributed by atoms with van der Waals surface area (Å²) < 4.78 is 7.25. The molecule has 2 N–H and O–H groups in total. The molecule has 0 amide bonds. The van der Waals surface area contributed by atoms with Crippen molar-refractivity contribution < 1.29 is 4.74 Å². The summed E-state index contributed by atoms with van der Waals surface area (Å²) in [6.07, 6.45) is 1.07. The summed E-state index contributed by atoms with van der Waals surface area (Å²) in [5.41, 5.74) is 8.64. The minimum absolute atomic E-state index is 0.497. The Kier molecular flexibility index (Phi) is 3.16. The fraction of sp³-hybridized carbons (Fsp3) is 0.462. The standard InChI is InChI=1S/C13H17N5O/c1-9-6-11(14)2-3-12(9)13-15-16-17-18(13)7-10-4-5-19-8-10/h2-3,6,10H,4-5,7-8,14H2,1H3. The van der Waals surface area contributed by atoms with E-state index in [9.17, 15) is 0 Å². The van der Waals surface area contributed by atoms with Crippen molar-refractivity contribution in [3.63, 3.8) is 0 Å². The molecule has 1 saturated heterocycles. The molecule has 1 aromatic heterocycles. The quantitative estimate of drug-likeness (QED) is 0.840. The van der Waals surface area contributed by atoms with Gasteiger partial charge in [0, 0.05) is 23.8 Å². The van der Waals surface area contributed by atoms with E-state index < -0.39 is 0 Å². The Bertz CT molecular complexity index is 574. The van der Waals surface area contributed by atoms with Crippen molar-refractivity contribution in [3.8, 4) is 11.4 Å². The smallest absolute Gasteiger partial charge is 0.182 e. The molecule has 19 heavy (non-hydrogen) atoms. The molecule has 2 aromatic rings. The molecule has 6 heteroatoms. The summed E-state index contributed by atoms with van der Waals surface area (Å²) in [4.78, 5) is 0. The second-order valence-electron chi connectivity index (χ2n) is 4.99. The van der Waals surface area contributed by atoms with Gasteiger partial charge in [-0.25, -0.2) is 4.68 Å². The average Bonchev–Trinajstić information content (AvgIpc) is 3.02. The summed E-state index contributed by atoms with van der Waals surface area (Å²) in [6, 6.07) is 5.78. The number of ether oxygens (including phenoxy) is 1. The molecule has 0 bridgehead atoms. The van der Waals surface area contributed by atoms with E-state index in [0.29, 0.717) is 5.92 Å². The Labute approximate surface area is 111 Å². The molecule has 0 saturated carbocycles. The predicted octanol–water partition coefficient (Wildman–Crippen LogP) is 1.27. The number of benzene rings is 1. The second kappa shape index (κ2) is 4.97. The molecule has 6 nitrogen and oxygen atoms in total. The van der Waals surface area contributed by atoms with Gasteiger partial charge >= 0.3 is 0 Å². The van der Waals surface area contributed by atoms with Crippen LogP contribution in [0.2, 0.25) is 0 Å². The van der Waals surface area contributed by atoms with Crippen molar-refractivity contribution >= 4 is 5.69 Å². The SMILES string of the molecule is Cc1cc(N)ccc1-c1nnnn1CC1CCOC1. The van der Waals surface area contributed by atoms with Crippen molar-refractivity contribution in [3.05, 3.63) is 23.8 Å². The molecule has 0 spiro atoms. The molecule has 100 valence electrons. The first-order valence-electron chi connectivity index (χ1n) is 6.44. The molecule has 0 radical (unpaired) electrons. The van der Waals surface area contributed by atoms with Crippen LogP contribution in [0.1, 0.15) is 12.0 Å². The van der Waals surface area contributed by atoms with Gasteiger partial charge in [-0.05, 0) is 47.5 Å². The molecule has 2 heterocycles. The number of aromatic nitrogens is 4. The van der Waals surface area contributed by atoms with E-state index in [-0.39, 0.29) is 0 Å². The Hall–Kier alpha value is -1.95. The van der Waals surface area contributed by atoms with Gasteiger partial charge in [-0.3, -0.25) is 0 Å².